The van der Waals surface area contributed by atoms with Crippen LogP contribution in [0, 0.1) is 6.92 Å². The van der Waals surface area contributed by atoms with Gasteiger partial charge < -0.3 is 21.3 Å². The highest BCUT2D eigenvalue weighted by atomic mass is 16.3. The van der Waals surface area contributed by atoms with Crippen molar-refractivity contribution in [1.82, 2.24) is 0 Å². The first-order valence-electron chi connectivity index (χ1n) is 5.34. The first-order chi connectivity index (χ1) is 7.54. The van der Waals surface area contributed by atoms with Crippen LogP contribution in [-0.2, 0) is 6.54 Å². The zero-order chi connectivity index (χ0) is 12.2. The molecule has 1 aromatic rings. The SMILES string of the molecule is Cc1ccc(NC(C)(CO)CO)c(CN)c1. The highest BCUT2D eigenvalue weighted by Gasteiger charge is 2.22. The molecule has 0 atom stereocenters. The molecule has 0 bridgehead atoms. The highest BCUT2D eigenvalue weighted by Crippen LogP contribution is 2.21. The van der Waals surface area contributed by atoms with Gasteiger partial charge in [0.05, 0.1) is 18.8 Å². The summed E-state index contributed by atoms with van der Waals surface area (Å²) in [4.78, 5) is 0. The van der Waals surface area contributed by atoms with Crippen LogP contribution in [0.4, 0.5) is 5.69 Å². The monoisotopic (exact) mass is 224 g/mol. The lowest BCUT2D eigenvalue weighted by Crippen LogP contribution is -2.42. The molecule has 0 aliphatic carbocycles. The van der Waals surface area contributed by atoms with Crippen molar-refractivity contribution in [3.05, 3.63) is 29.3 Å². The summed E-state index contributed by atoms with van der Waals surface area (Å²) < 4.78 is 0. The average molecular weight is 224 g/mol. The Morgan fingerprint density at radius 2 is 1.94 bits per heavy atom. The fourth-order valence-corrected chi connectivity index (χ4v) is 1.47. The number of anilines is 1. The van der Waals surface area contributed by atoms with E-state index in [0.29, 0.717) is 6.54 Å². The average Bonchev–Trinajstić information content (AvgIpc) is 2.31. The number of benzene rings is 1. The predicted molar refractivity (Wildman–Crippen MR) is 65.3 cm³/mol. The van der Waals surface area contributed by atoms with Crippen molar-refractivity contribution in [2.75, 3.05) is 18.5 Å². The zero-order valence-electron chi connectivity index (χ0n) is 9.83. The van der Waals surface area contributed by atoms with Crippen LogP contribution in [0.1, 0.15) is 18.1 Å². The van der Waals surface area contributed by atoms with Crippen LogP contribution in [-0.4, -0.2) is 29.0 Å². The van der Waals surface area contributed by atoms with Crippen molar-refractivity contribution in [2.24, 2.45) is 5.73 Å². The summed E-state index contributed by atoms with van der Waals surface area (Å²) in [5.41, 5.74) is 7.91. The van der Waals surface area contributed by atoms with E-state index in [-0.39, 0.29) is 13.2 Å². The van der Waals surface area contributed by atoms with Crippen LogP contribution < -0.4 is 11.1 Å². The summed E-state index contributed by atoms with van der Waals surface area (Å²) in [7, 11) is 0. The van der Waals surface area contributed by atoms with Gasteiger partial charge >= 0.3 is 0 Å². The van der Waals surface area contributed by atoms with E-state index in [0.717, 1.165) is 16.8 Å². The maximum atomic E-state index is 9.21. The fourth-order valence-electron chi connectivity index (χ4n) is 1.47. The van der Waals surface area contributed by atoms with Crippen LogP contribution in [0.2, 0.25) is 0 Å². The van der Waals surface area contributed by atoms with Gasteiger partial charge in [-0.05, 0) is 25.5 Å². The molecule has 0 fully saturated rings. The van der Waals surface area contributed by atoms with Gasteiger partial charge in [-0.2, -0.15) is 0 Å². The van der Waals surface area contributed by atoms with Gasteiger partial charge in [0.25, 0.3) is 0 Å². The minimum atomic E-state index is -0.723. The Hall–Kier alpha value is -1.10. The maximum Gasteiger partial charge on any atom is 0.0806 e. The molecule has 0 unspecified atom stereocenters. The number of hydrogen-bond acceptors (Lipinski definition) is 4. The molecule has 0 saturated heterocycles. The van der Waals surface area contributed by atoms with E-state index in [2.05, 4.69) is 5.32 Å². The Bertz CT molecular complexity index is 349. The normalized spacial score (nSPS) is 11.6. The maximum absolute atomic E-state index is 9.21. The van der Waals surface area contributed by atoms with Gasteiger partial charge in [0.2, 0.25) is 0 Å². The number of nitrogens with one attached hydrogen (secondary N) is 1. The third kappa shape index (κ3) is 2.95. The van der Waals surface area contributed by atoms with Crippen molar-refractivity contribution in [1.29, 1.82) is 0 Å². The Morgan fingerprint density at radius 1 is 1.31 bits per heavy atom. The lowest BCUT2D eigenvalue weighted by atomic mass is 10.0. The van der Waals surface area contributed by atoms with E-state index >= 15 is 0 Å². The minimum absolute atomic E-state index is 0.138. The standard InChI is InChI=1S/C12H20N2O2/c1-9-3-4-11(10(5-9)6-13)14-12(2,7-15)8-16/h3-5,14-16H,6-8,13H2,1-2H3. The van der Waals surface area contributed by atoms with E-state index in [9.17, 15) is 10.2 Å². The molecule has 0 heterocycles. The van der Waals surface area contributed by atoms with Gasteiger partial charge in [0, 0.05) is 12.2 Å². The number of rotatable bonds is 5. The lowest BCUT2D eigenvalue weighted by Gasteiger charge is -2.28. The fraction of sp³-hybridized carbons (Fsp3) is 0.500. The minimum Gasteiger partial charge on any atom is -0.394 e. The second-order valence-electron chi connectivity index (χ2n) is 4.37. The largest absolute Gasteiger partial charge is 0.394 e. The molecule has 0 radical (unpaired) electrons. The second-order valence-corrected chi connectivity index (χ2v) is 4.37. The summed E-state index contributed by atoms with van der Waals surface area (Å²) in [6.07, 6.45) is 0. The molecule has 0 saturated carbocycles. The smallest absolute Gasteiger partial charge is 0.0806 e. The Kier molecular flexibility index (Phi) is 4.29. The van der Waals surface area contributed by atoms with Gasteiger partial charge in [0.1, 0.15) is 0 Å². The van der Waals surface area contributed by atoms with Crippen LogP contribution in [0.3, 0.4) is 0 Å². The number of nitrogens with two attached hydrogens (primary N) is 1. The summed E-state index contributed by atoms with van der Waals surface area (Å²) in [5, 5.41) is 21.5. The van der Waals surface area contributed by atoms with Crippen LogP contribution >= 0.6 is 0 Å². The Labute approximate surface area is 96.1 Å². The van der Waals surface area contributed by atoms with Crippen molar-refractivity contribution < 1.29 is 10.2 Å². The second kappa shape index (κ2) is 5.30. The molecule has 4 heteroatoms. The van der Waals surface area contributed by atoms with Gasteiger partial charge in [0.15, 0.2) is 0 Å². The van der Waals surface area contributed by atoms with Gasteiger partial charge in [-0.15, -0.1) is 0 Å². The van der Waals surface area contributed by atoms with E-state index < -0.39 is 5.54 Å². The third-order valence-corrected chi connectivity index (χ3v) is 2.62. The van der Waals surface area contributed by atoms with E-state index in [1.54, 1.807) is 6.92 Å². The first kappa shape index (κ1) is 13.0. The third-order valence-electron chi connectivity index (χ3n) is 2.62. The first-order valence-corrected chi connectivity index (χ1v) is 5.34. The zero-order valence-corrected chi connectivity index (χ0v) is 9.83. The van der Waals surface area contributed by atoms with Gasteiger partial charge in [-0.1, -0.05) is 17.7 Å². The summed E-state index contributed by atoms with van der Waals surface area (Å²) >= 11 is 0. The van der Waals surface area contributed by atoms with Gasteiger partial charge in [-0.25, -0.2) is 0 Å². The number of aryl methyl sites for hydroxylation is 1. The molecule has 0 aromatic heterocycles. The molecule has 5 N–H and O–H groups in total. The van der Waals surface area contributed by atoms with Crippen molar-refractivity contribution in [3.8, 4) is 0 Å². The van der Waals surface area contributed by atoms with Crippen LogP contribution in [0.25, 0.3) is 0 Å². The number of aliphatic hydroxyl groups excluding tert-OH is 2. The number of aliphatic hydroxyl groups is 2. The van der Waals surface area contributed by atoms with Crippen LogP contribution in [0.15, 0.2) is 18.2 Å². The summed E-state index contributed by atoms with van der Waals surface area (Å²) in [6, 6.07) is 5.88. The Balaban J connectivity index is 2.96. The topological polar surface area (TPSA) is 78.5 Å². The number of hydrogen-bond donors (Lipinski definition) is 4. The quantitative estimate of drug-likeness (QED) is 0.591. The molecule has 0 spiro atoms. The lowest BCUT2D eigenvalue weighted by molar-refractivity contribution is 0.147. The molecule has 90 valence electrons. The van der Waals surface area contributed by atoms with E-state index in [4.69, 9.17) is 5.73 Å². The molecule has 0 amide bonds. The molecular formula is C12H20N2O2. The summed E-state index contributed by atoms with van der Waals surface area (Å²) in [6.45, 7) is 3.91. The summed E-state index contributed by atoms with van der Waals surface area (Å²) in [5.74, 6) is 0. The molecule has 1 rings (SSSR count). The van der Waals surface area contributed by atoms with E-state index in [1.807, 2.05) is 25.1 Å². The van der Waals surface area contributed by atoms with Gasteiger partial charge in [-0.3, -0.25) is 0 Å². The van der Waals surface area contributed by atoms with Crippen LogP contribution in [0.5, 0.6) is 0 Å². The van der Waals surface area contributed by atoms with E-state index in [1.165, 1.54) is 0 Å². The van der Waals surface area contributed by atoms with Crippen molar-refractivity contribution >= 4 is 5.69 Å². The molecule has 16 heavy (non-hydrogen) atoms. The van der Waals surface area contributed by atoms with Crippen molar-refractivity contribution in [3.63, 3.8) is 0 Å². The predicted octanol–water partition coefficient (Wildman–Crippen LogP) is 0.609. The molecule has 4 nitrogen and oxygen atoms in total. The molecular weight excluding hydrogens is 204 g/mol. The Morgan fingerprint density at radius 3 is 2.44 bits per heavy atom. The molecule has 1 aromatic carbocycles. The molecule has 0 aliphatic heterocycles. The van der Waals surface area contributed by atoms with Crippen molar-refractivity contribution in [2.45, 2.75) is 25.9 Å². The molecule has 0 aliphatic rings. The highest BCUT2D eigenvalue weighted by molar-refractivity contribution is 5.54.